The van der Waals surface area contributed by atoms with E-state index in [1.807, 2.05) is 24.3 Å². The highest BCUT2D eigenvalue weighted by atomic mass is 16.6. The minimum atomic E-state index is -1.12. The van der Waals surface area contributed by atoms with E-state index in [9.17, 15) is 14.4 Å². The first-order valence-electron chi connectivity index (χ1n) is 8.00. The number of amides is 1. The van der Waals surface area contributed by atoms with Gasteiger partial charge in [0.1, 0.15) is 5.60 Å². The molecule has 0 saturated heterocycles. The number of esters is 1. The zero-order valence-electron chi connectivity index (χ0n) is 14.2. The summed E-state index contributed by atoms with van der Waals surface area (Å²) in [5.74, 6) is -3.01. The summed E-state index contributed by atoms with van der Waals surface area (Å²) in [6.45, 7) is 5.68. The topological polar surface area (TPSA) is 83.9 Å². The maximum absolute atomic E-state index is 12.6. The lowest BCUT2D eigenvalue weighted by atomic mass is 10.00. The van der Waals surface area contributed by atoms with Crippen LogP contribution in [0.1, 0.15) is 39.2 Å². The van der Waals surface area contributed by atoms with Gasteiger partial charge in [-0.25, -0.2) is 0 Å². The molecule has 130 valence electrons. The molecule has 0 aromatic heterocycles. The number of hydrogen-bond acceptors (Lipinski definition) is 4. The number of aliphatic carboxylic acids is 1. The molecular formula is C18H23NO5. The molecule has 1 aliphatic rings. The summed E-state index contributed by atoms with van der Waals surface area (Å²) in [7, 11) is 0. The number of carbonyl (C=O) groups excluding carboxylic acids is 2. The van der Waals surface area contributed by atoms with Gasteiger partial charge in [0, 0.05) is 18.7 Å². The van der Waals surface area contributed by atoms with Gasteiger partial charge in [-0.05, 0) is 38.8 Å². The number of benzene rings is 1. The zero-order chi connectivity index (χ0) is 17.9. The van der Waals surface area contributed by atoms with Crippen LogP contribution in [0, 0.1) is 5.92 Å². The Morgan fingerprint density at radius 2 is 1.88 bits per heavy atom. The lowest BCUT2D eigenvalue weighted by Gasteiger charge is -2.24. The second-order valence-corrected chi connectivity index (χ2v) is 6.96. The number of fused-ring (bicyclic) bond motifs is 1. The van der Waals surface area contributed by atoms with Gasteiger partial charge in [-0.3, -0.25) is 14.4 Å². The highest BCUT2D eigenvalue weighted by Crippen LogP contribution is 2.29. The van der Waals surface area contributed by atoms with Crippen LogP contribution < -0.4 is 4.90 Å². The van der Waals surface area contributed by atoms with Gasteiger partial charge in [0.2, 0.25) is 5.91 Å². The molecule has 0 saturated carbocycles. The lowest BCUT2D eigenvalue weighted by molar-refractivity contribution is -0.163. The van der Waals surface area contributed by atoms with Gasteiger partial charge in [-0.15, -0.1) is 0 Å². The molecule has 1 atom stereocenters. The van der Waals surface area contributed by atoms with Crippen molar-refractivity contribution in [1.29, 1.82) is 0 Å². The number of anilines is 1. The van der Waals surface area contributed by atoms with E-state index in [4.69, 9.17) is 9.84 Å². The van der Waals surface area contributed by atoms with E-state index in [1.54, 1.807) is 25.7 Å². The maximum atomic E-state index is 12.6. The van der Waals surface area contributed by atoms with Gasteiger partial charge in [0.05, 0.1) is 12.3 Å². The van der Waals surface area contributed by atoms with E-state index in [0.29, 0.717) is 6.54 Å². The quantitative estimate of drug-likeness (QED) is 0.837. The van der Waals surface area contributed by atoms with Crippen LogP contribution in [-0.4, -0.2) is 35.1 Å². The molecule has 6 heteroatoms. The molecule has 2 rings (SSSR count). The van der Waals surface area contributed by atoms with Crippen LogP contribution in [0.5, 0.6) is 0 Å². The van der Waals surface area contributed by atoms with Crippen molar-refractivity contribution in [2.75, 3.05) is 11.4 Å². The highest BCUT2D eigenvalue weighted by molar-refractivity contribution is 5.97. The van der Waals surface area contributed by atoms with E-state index in [-0.39, 0.29) is 12.3 Å². The van der Waals surface area contributed by atoms with Gasteiger partial charge in [-0.1, -0.05) is 18.2 Å². The molecule has 0 aliphatic carbocycles. The molecule has 0 bridgehead atoms. The molecule has 1 aromatic carbocycles. The minimum absolute atomic E-state index is 0.171. The van der Waals surface area contributed by atoms with Crippen molar-refractivity contribution < 1.29 is 24.2 Å². The Morgan fingerprint density at radius 3 is 2.50 bits per heavy atom. The van der Waals surface area contributed by atoms with Crippen LogP contribution in [0.2, 0.25) is 0 Å². The molecule has 0 fully saturated rings. The number of carboxylic acid groups (broad SMARTS) is 1. The Kier molecular flexibility index (Phi) is 5.26. The lowest BCUT2D eigenvalue weighted by Crippen LogP contribution is -2.35. The summed E-state index contributed by atoms with van der Waals surface area (Å²) in [5, 5.41) is 9.03. The van der Waals surface area contributed by atoms with Crippen LogP contribution in [-0.2, 0) is 25.5 Å². The monoisotopic (exact) mass is 333 g/mol. The summed E-state index contributed by atoms with van der Waals surface area (Å²) in [6, 6.07) is 7.60. The Labute approximate surface area is 141 Å². The molecule has 1 aromatic rings. The van der Waals surface area contributed by atoms with E-state index in [2.05, 4.69) is 0 Å². The SMILES string of the molecule is CC(C)(C)OC(=O)C(CC(=O)O)CC(=O)N1CCc2ccccc21. The van der Waals surface area contributed by atoms with Crippen molar-refractivity contribution >= 4 is 23.5 Å². The maximum Gasteiger partial charge on any atom is 0.310 e. The van der Waals surface area contributed by atoms with Gasteiger partial charge in [0.25, 0.3) is 0 Å². The summed E-state index contributed by atoms with van der Waals surface area (Å²) in [6.07, 6.45) is 0.170. The number of rotatable bonds is 5. The second-order valence-electron chi connectivity index (χ2n) is 6.96. The van der Waals surface area contributed by atoms with Gasteiger partial charge in [0.15, 0.2) is 0 Å². The number of ether oxygens (including phenoxy) is 1. The van der Waals surface area contributed by atoms with Crippen LogP contribution >= 0.6 is 0 Å². The molecule has 0 spiro atoms. The molecular weight excluding hydrogens is 310 g/mol. The predicted molar refractivity (Wildman–Crippen MR) is 88.7 cm³/mol. The number of nitrogens with zero attached hydrogens (tertiary/aromatic N) is 1. The third-order valence-corrected chi connectivity index (χ3v) is 3.77. The molecule has 24 heavy (non-hydrogen) atoms. The Morgan fingerprint density at radius 1 is 1.21 bits per heavy atom. The molecule has 1 unspecified atom stereocenters. The molecule has 6 nitrogen and oxygen atoms in total. The van der Waals surface area contributed by atoms with Crippen LogP contribution in [0.3, 0.4) is 0 Å². The summed E-state index contributed by atoms with van der Waals surface area (Å²) in [5.41, 5.74) is 1.19. The zero-order valence-corrected chi connectivity index (χ0v) is 14.2. The fraction of sp³-hybridized carbons (Fsp3) is 0.500. The van der Waals surface area contributed by atoms with Crippen molar-refractivity contribution in [3.05, 3.63) is 29.8 Å². The molecule has 0 radical (unpaired) electrons. The molecule has 1 amide bonds. The number of para-hydroxylation sites is 1. The summed E-state index contributed by atoms with van der Waals surface area (Å²) in [4.78, 5) is 37.5. The fourth-order valence-corrected chi connectivity index (χ4v) is 2.75. The number of hydrogen-bond donors (Lipinski definition) is 1. The van der Waals surface area contributed by atoms with Gasteiger partial charge < -0.3 is 14.7 Å². The first-order chi connectivity index (χ1) is 11.2. The van der Waals surface area contributed by atoms with Crippen molar-refractivity contribution in [1.82, 2.24) is 0 Å². The van der Waals surface area contributed by atoms with E-state index in [0.717, 1.165) is 17.7 Å². The molecule has 1 aliphatic heterocycles. The highest BCUT2D eigenvalue weighted by Gasteiger charge is 2.32. The standard InChI is InChI=1S/C18H23NO5/c1-18(2,3)24-17(23)13(11-16(21)22)10-15(20)19-9-8-12-6-4-5-7-14(12)19/h4-7,13H,8-11H2,1-3H3,(H,21,22). The molecule has 1 N–H and O–H groups in total. The van der Waals surface area contributed by atoms with E-state index in [1.165, 1.54) is 0 Å². The number of carboxylic acids is 1. The van der Waals surface area contributed by atoms with E-state index >= 15 is 0 Å². The molecule has 1 heterocycles. The van der Waals surface area contributed by atoms with Crippen molar-refractivity contribution in [2.45, 2.75) is 45.6 Å². The Bertz CT molecular complexity index is 647. The first-order valence-corrected chi connectivity index (χ1v) is 8.00. The average molecular weight is 333 g/mol. The summed E-state index contributed by atoms with van der Waals surface area (Å²) >= 11 is 0. The smallest absolute Gasteiger partial charge is 0.310 e. The van der Waals surface area contributed by atoms with Gasteiger partial charge >= 0.3 is 11.9 Å². The normalized spacial score (nSPS) is 14.9. The minimum Gasteiger partial charge on any atom is -0.481 e. The van der Waals surface area contributed by atoms with Crippen molar-refractivity contribution in [2.24, 2.45) is 5.92 Å². The Hall–Kier alpha value is -2.37. The summed E-state index contributed by atoms with van der Waals surface area (Å²) < 4.78 is 5.26. The first kappa shape index (κ1) is 18.0. The largest absolute Gasteiger partial charge is 0.481 e. The van der Waals surface area contributed by atoms with Crippen LogP contribution in [0.4, 0.5) is 5.69 Å². The van der Waals surface area contributed by atoms with Crippen molar-refractivity contribution in [3.8, 4) is 0 Å². The third kappa shape index (κ3) is 4.57. The second kappa shape index (κ2) is 7.03. The van der Waals surface area contributed by atoms with E-state index < -0.39 is 29.9 Å². The van der Waals surface area contributed by atoms with Crippen LogP contribution in [0.25, 0.3) is 0 Å². The Balaban J connectivity index is 2.10. The average Bonchev–Trinajstić information content (AvgIpc) is 2.88. The van der Waals surface area contributed by atoms with Crippen LogP contribution in [0.15, 0.2) is 24.3 Å². The van der Waals surface area contributed by atoms with Gasteiger partial charge in [-0.2, -0.15) is 0 Å². The predicted octanol–water partition coefficient (Wildman–Crippen LogP) is 2.40. The fourth-order valence-electron chi connectivity index (χ4n) is 2.75. The van der Waals surface area contributed by atoms with Crippen molar-refractivity contribution in [3.63, 3.8) is 0 Å². The number of carbonyl (C=O) groups is 3. The third-order valence-electron chi connectivity index (χ3n) is 3.77.